The molecule has 1 aliphatic rings. The standard InChI is InChI=1S/C15H23N3O/c1-15(2,3)17-14(19)10-18-9-12(16)8-11-6-4-5-7-13(11)18/h4-7,12H,8-10,16H2,1-3H3,(H,17,19). The van der Waals surface area contributed by atoms with Crippen LogP contribution in [-0.2, 0) is 11.2 Å². The van der Waals surface area contributed by atoms with Crippen molar-refractivity contribution in [2.45, 2.75) is 38.8 Å². The largest absolute Gasteiger partial charge is 0.360 e. The third-order valence-corrected chi connectivity index (χ3v) is 3.12. The van der Waals surface area contributed by atoms with E-state index in [1.165, 1.54) is 5.56 Å². The molecule has 4 heteroatoms. The zero-order chi connectivity index (χ0) is 14.0. The molecular weight excluding hydrogens is 238 g/mol. The van der Waals surface area contributed by atoms with E-state index in [-0.39, 0.29) is 17.5 Å². The van der Waals surface area contributed by atoms with Crippen LogP contribution in [0.2, 0.25) is 0 Å². The number of rotatable bonds is 2. The first kappa shape index (κ1) is 13.9. The van der Waals surface area contributed by atoms with E-state index >= 15 is 0 Å². The van der Waals surface area contributed by atoms with E-state index < -0.39 is 0 Å². The zero-order valence-electron chi connectivity index (χ0n) is 11.9. The van der Waals surface area contributed by atoms with E-state index in [0.717, 1.165) is 18.7 Å². The van der Waals surface area contributed by atoms with Crippen molar-refractivity contribution in [2.75, 3.05) is 18.0 Å². The topological polar surface area (TPSA) is 58.4 Å². The van der Waals surface area contributed by atoms with Gasteiger partial charge in [0.25, 0.3) is 0 Å². The number of nitrogens with zero attached hydrogens (tertiary/aromatic N) is 1. The number of hydrogen-bond donors (Lipinski definition) is 2. The monoisotopic (exact) mass is 261 g/mol. The molecule has 1 atom stereocenters. The van der Waals surface area contributed by atoms with Crippen LogP contribution in [0.25, 0.3) is 0 Å². The van der Waals surface area contributed by atoms with Crippen LogP contribution in [0.5, 0.6) is 0 Å². The number of benzene rings is 1. The van der Waals surface area contributed by atoms with Crippen LogP contribution in [0.15, 0.2) is 24.3 Å². The van der Waals surface area contributed by atoms with Gasteiger partial charge in [0, 0.05) is 23.8 Å². The summed E-state index contributed by atoms with van der Waals surface area (Å²) >= 11 is 0. The van der Waals surface area contributed by atoms with Crippen LogP contribution in [0.1, 0.15) is 26.3 Å². The van der Waals surface area contributed by atoms with Crippen molar-refractivity contribution >= 4 is 11.6 Å². The van der Waals surface area contributed by atoms with Crippen LogP contribution in [-0.4, -0.2) is 30.6 Å². The average molecular weight is 261 g/mol. The average Bonchev–Trinajstić information content (AvgIpc) is 2.25. The first-order chi connectivity index (χ1) is 8.85. The lowest BCUT2D eigenvalue weighted by atomic mass is 9.98. The molecule has 1 aromatic rings. The molecule has 0 saturated carbocycles. The van der Waals surface area contributed by atoms with Gasteiger partial charge in [-0.05, 0) is 38.8 Å². The Morgan fingerprint density at radius 3 is 2.79 bits per heavy atom. The minimum absolute atomic E-state index is 0.0383. The maximum atomic E-state index is 12.0. The summed E-state index contributed by atoms with van der Waals surface area (Å²) in [4.78, 5) is 14.1. The highest BCUT2D eigenvalue weighted by molar-refractivity contribution is 5.82. The lowest BCUT2D eigenvalue weighted by molar-refractivity contribution is -0.121. The second kappa shape index (κ2) is 5.21. The summed E-state index contributed by atoms with van der Waals surface area (Å²) in [7, 11) is 0. The molecule has 1 aromatic carbocycles. The molecule has 0 saturated heterocycles. The van der Waals surface area contributed by atoms with Crippen LogP contribution in [0.3, 0.4) is 0 Å². The van der Waals surface area contributed by atoms with Gasteiger partial charge in [0.1, 0.15) is 0 Å². The predicted molar refractivity (Wildman–Crippen MR) is 78.2 cm³/mol. The fraction of sp³-hybridized carbons (Fsp3) is 0.533. The number of amides is 1. The SMILES string of the molecule is CC(C)(C)NC(=O)CN1CC(N)Cc2ccccc21. The molecule has 1 aliphatic heterocycles. The number of hydrogen-bond acceptors (Lipinski definition) is 3. The van der Waals surface area contributed by atoms with Crippen LogP contribution in [0, 0.1) is 0 Å². The van der Waals surface area contributed by atoms with Gasteiger partial charge in [-0.3, -0.25) is 4.79 Å². The third kappa shape index (κ3) is 3.70. The molecular formula is C15H23N3O. The van der Waals surface area contributed by atoms with Gasteiger partial charge in [-0.1, -0.05) is 18.2 Å². The number of carbonyl (C=O) groups is 1. The van der Waals surface area contributed by atoms with Gasteiger partial charge >= 0.3 is 0 Å². The Labute approximate surface area is 115 Å². The van der Waals surface area contributed by atoms with Crippen molar-refractivity contribution in [1.82, 2.24) is 5.32 Å². The van der Waals surface area contributed by atoms with Crippen molar-refractivity contribution in [1.29, 1.82) is 0 Å². The van der Waals surface area contributed by atoms with E-state index in [9.17, 15) is 4.79 Å². The summed E-state index contributed by atoms with van der Waals surface area (Å²) in [6.45, 7) is 7.05. The fourth-order valence-electron chi connectivity index (χ4n) is 2.50. The summed E-state index contributed by atoms with van der Waals surface area (Å²) in [6, 6.07) is 8.26. The molecule has 19 heavy (non-hydrogen) atoms. The molecule has 1 heterocycles. The Balaban J connectivity index is 2.11. The molecule has 0 fully saturated rings. The molecule has 104 valence electrons. The fourth-order valence-corrected chi connectivity index (χ4v) is 2.50. The lowest BCUT2D eigenvalue weighted by Crippen LogP contribution is -2.50. The number of carbonyl (C=O) groups excluding carboxylic acids is 1. The number of nitrogens with one attached hydrogen (secondary N) is 1. The van der Waals surface area contributed by atoms with Crippen molar-refractivity contribution in [3.05, 3.63) is 29.8 Å². The highest BCUT2D eigenvalue weighted by atomic mass is 16.2. The highest BCUT2D eigenvalue weighted by Gasteiger charge is 2.24. The number of anilines is 1. The Morgan fingerprint density at radius 1 is 1.42 bits per heavy atom. The maximum Gasteiger partial charge on any atom is 0.239 e. The van der Waals surface area contributed by atoms with Gasteiger partial charge < -0.3 is 16.0 Å². The predicted octanol–water partition coefficient (Wildman–Crippen LogP) is 1.29. The summed E-state index contributed by atoms with van der Waals surface area (Å²) in [5.74, 6) is 0.0383. The number of nitrogens with two attached hydrogens (primary N) is 1. The summed E-state index contributed by atoms with van der Waals surface area (Å²) in [5.41, 5.74) is 8.23. The Morgan fingerprint density at radius 2 is 2.11 bits per heavy atom. The number of para-hydroxylation sites is 1. The Hall–Kier alpha value is -1.55. The molecule has 2 rings (SSSR count). The summed E-state index contributed by atoms with van der Waals surface area (Å²) in [5, 5.41) is 2.99. The molecule has 3 N–H and O–H groups in total. The molecule has 1 unspecified atom stereocenters. The Kier molecular flexibility index (Phi) is 3.80. The van der Waals surface area contributed by atoms with Gasteiger partial charge in [0.05, 0.1) is 6.54 Å². The first-order valence-electron chi connectivity index (χ1n) is 6.74. The first-order valence-corrected chi connectivity index (χ1v) is 6.74. The smallest absolute Gasteiger partial charge is 0.239 e. The lowest BCUT2D eigenvalue weighted by Gasteiger charge is -2.35. The van der Waals surface area contributed by atoms with E-state index in [0.29, 0.717) is 6.54 Å². The van der Waals surface area contributed by atoms with E-state index in [1.54, 1.807) is 0 Å². The van der Waals surface area contributed by atoms with Gasteiger partial charge in [0.2, 0.25) is 5.91 Å². The molecule has 0 aromatic heterocycles. The van der Waals surface area contributed by atoms with E-state index in [2.05, 4.69) is 22.3 Å². The summed E-state index contributed by atoms with van der Waals surface area (Å²) in [6.07, 6.45) is 0.883. The van der Waals surface area contributed by atoms with Gasteiger partial charge in [-0.2, -0.15) is 0 Å². The second-order valence-corrected chi connectivity index (χ2v) is 6.27. The van der Waals surface area contributed by atoms with Crippen molar-refractivity contribution in [3.63, 3.8) is 0 Å². The molecule has 0 radical (unpaired) electrons. The molecule has 0 bridgehead atoms. The van der Waals surface area contributed by atoms with Crippen LogP contribution < -0.4 is 16.0 Å². The number of fused-ring (bicyclic) bond motifs is 1. The molecule has 0 aliphatic carbocycles. The van der Waals surface area contributed by atoms with Gasteiger partial charge in [-0.15, -0.1) is 0 Å². The van der Waals surface area contributed by atoms with Crippen molar-refractivity contribution in [3.8, 4) is 0 Å². The Bertz CT molecular complexity index is 465. The quantitative estimate of drug-likeness (QED) is 0.843. The summed E-state index contributed by atoms with van der Waals surface area (Å²) < 4.78 is 0. The molecule has 4 nitrogen and oxygen atoms in total. The van der Waals surface area contributed by atoms with Crippen LogP contribution in [0.4, 0.5) is 5.69 Å². The van der Waals surface area contributed by atoms with Crippen LogP contribution >= 0.6 is 0 Å². The second-order valence-electron chi connectivity index (χ2n) is 6.27. The van der Waals surface area contributed by atoms with Gasteiger partial charge in [-0.25, -0.2) is 0 Å². The minimum Gasteiger partial charge on any atom is -0.360 e. The third-order valence-electron chi connectivity index (χ3n) is 3.12. The van der Waals surface area contributed by atoms with E-state index in [1.807, 2.05) is 32.9 Å². The molecule has 0 spiro atoms. The van der Waals surface area contributed by atoms with E-state index in [4.69, 9.17) is 5.73 Å². The van der Waals surface area contributed by atoms with Crippen molar-refractivity contribution in [2.24, 2.45) is 5.73 Å². The maximum absolute atomic E-state index is 12.0. The van der Waals surface area contributed by atoms with Crippen molar-refractivity contribution < 1.29 is 4.79 Å². The van der Waals surface area contributed by atoms with Gasteiger partial charge in [0.15, 0.2) is 0 Å². The zero-order valence-corrected chi connectivity index (χ0v) is 11.9. The molecule has 1 amide bonds. The normalized spacial score (nSPS) is 18.9. The highest BCUT2D eigenvalue weighted by Crippen LogP contribution is 2.25. The minimum atomic E-state index is -0.200.